The third-order valence-corrected chi connectivity index (χ3v) is 4.41. The van der Waals surface area contributed by atoms with Gasteiger partial charge in [-0.1, -0.05) is 11.6 Å². The molecule has 0 aliphatic heterocycles. The first-order chi connectivity index (χ1) is 8.91. The zero-order valence-corrected chi connectivity index (χ0v) is 11.9. The molecule has 1 saturated carbocycles. The van der Waals surface area contributed by atoms with Gasteiger partial charge in [0.05, 0.1) is 4.34 Å². The van der Waals surface area contributed by atoms with Crippen molar-refractivity contribution < 1.29 is 14.7 Å². The van der Waals surface area contributed by atoms with Crippen LogP contribution in [0.15, 0.2) is 18.2 Å². The van der Waals surface area contributed by atoms with Crippen molar-refractivity contribution in [2.75, 3.05) is 0 Å². The monoisotopic (exact) mass is 299 g/mol. The number of thiophene rings is 1. The topological polar surface area (TPSA) is 66.4 Å². The predicted molar refractivity (Wildman–Crippen MR) is 75.3 cm³/mol. The van der Waals surface area contributed by atoms with Crippen molar-refractivity contribution in [2.45, 2.75) is 25.3 Å². The first-order valence-electron chi connectivity index (χ1n) is 5.91. The van der Waals surface area contributed by atoms with Gasteiger partial charge in [0.25, 0.3) is 0 Å². The molecule has 1 atom stereocenters. The molecule has 1 amide bonds. The van der Waals surface area contributed by atoms with E-state index in [1.807, 2.05) is 0 Å². The number of carboxylic acids is 1. The van der Waals surface area contributed by atoms with Crippen molar-refractivity contribution in [3.05, 3.63) is 27.4 Å². The number of carboxylic acid groups (broad SMARTS) is 1. The van der Waals surface area contributed by atoms with E-state index in [1.54, 1.807) is 25.1 Å². The lowest BCUT2D eigenvalue weighted by atomic mass is 9.96. The maximum absolute atomic E-state index is 11.8. The summed E-state index contributed by atoms with van der Waals surface area (Å²) < 4.78 is 0.647. The van der Waals surface area contributed by atoms with Crippen LogP contribution in [0, 0.1) is 5.92 Å². The smallest absolute Gasteiger partial charge is 0.329 e. The minimum atomic E-state index is -1.17. The minimum absolute atomic E-state index is 0.0264. The Kier molecular flexibility index (Phi) is 3.96. The molecule has 102 valence electrons. The predicted octanol–water partition coefficient (Wildman–Crippen LogP) is 2.78. The summed E-state index contributed by atoms with van der Waals surface area (Å²) in [6.45, 7) is 1.56. The molecule has 0 saturated heterocycles. The Morgan fingerprint density at radius 1 is 1.53 bits per heavy atom. The summed E-state index contributed by atoms with van der Waals surface area (Å²) in [5, 5.41) is 11.8. The van der Waals surface area contributed by atoms with Crippen LogP contribution in [0.2, 0.25) is 4.34 Å². The number of hydrogen-bond donors (Lipinski definition) is 2. The molecule has 0 bridgehead atoms. The molecule has 0 spiro atoms. The molecule has 0 radical (unpaired) electrons. The average Bonchev–Trinajstić information content (AvgIpc) is 3.11. The van der Waals surface area contributed by atoms with Gasteiger partial charge in [0, 0.05) is 11.0 Å². The van der Waals surface area contributed by atoms with E-state index in [9.17, 15) is 14.7 Å². The van der Waals surface area contributed by atoms with E-state index >= 15 is 0 Å². The van der Waals surface area contributed by atoms with Crippen LogP contribution < -0.4 is 5.32 Å². The van der Waals surface area contributed by atoms with E-state index in [-0.39, 0.29) is 5.92 Å². The summed E-state index contributed by atoms with van der Waals surface area (Å²) in [7, 11) is 0. The highest BCUT2D eigenvalue weighted by atomic mass is 35.5. The number of halogens is 1. The van der Waals surface area contributed by atoms with Gasteiger partial charge >= 0.3 is 5.97 Å². The molecule has 1 aromatic heterocycles. The summed E-state index contributed by atoms with van der Waals surface area (Å²) in [5.41, 5.74) is -1.17. The largest absolute Gasteiger partial charge is 0.480 e. The molecule has 1 fully saturated rings. The molecule has 2 rings (SSSR count). The number of hydrogen-bond acceptors (Lipinski definition) is 3. The summed E-state index contributed by atoms with van der Waals surface area (Å²) in [6, 6.07) is 3.55. The van der Waals surface area contributed by atoms with Gasteiger partial charge in [0.2, 0.25) is 5.91 Å². The Hall–Kier alpha value is -1.33. The van der Waals surface area contributed by atoms with Gasteiger partial charge in [-0.25, -0.2) is 4.79 Å². The SMILES string of the molecule is CC(NC(=O)/C=C/c1ccc(Cl)s1)(C(=O)O)C1CC1. The standard InChI is InChI=1S/C13H14ClNO3S/c1-13(12(17)18,8-2-3-8)15-11(16)7-5-9-4-6-10(14)19-9/h4-8H,2-3H2,1H3,(H,15,16)(H,17,18)/b7-5+. The summed E-state index contributed by atoms with van der Waals surface area (Å²) in [4.78, 5) is 23.9. The van der Waals surface area contributed by atoms with E-state index in [2.05, 4.69) is 5.32 Å². The molecule has 1 heterocycles. The zero-order valence-electron chi connectivity index (χ0n) is 10.4. The normalized spacial score (nSPS) is 18.2. The molecule has 0 aromatic carbocycles. The van der Waals surface area contributed by atoms with E-state index in [4.69, 9.17) is 11.6 Å². The van der Waals surface area contributed by atoms with Crippen molar-refractivity contribution in [1.82, 2.24) is 5.32 Å². The zero-order chi connectivity index (χ0) is 14.0. The summed E-state index contributed by atoms with van der Waals surface area (Å²) in [6.07, 6.45) is 4.65. The molecular weight excluding hydrogens is 286 g/mol. The van der Waals surface area contributed by atoms with Crippen LogP contribution in [0.4, 0.5) is 0 Å². The molecule has 1 aliphatic rings. The van der Waals surface area contributed by atoms with Crippen LogP contribution in [0.1, 0.15) is 24.6 Å². The molecule has 2 N–H and O–H groups in total. The van der Waals surface area contributed by atoms with Gasteiger partial charge in [-0.3, -0.25) is 4.79 Å². The highest BCUT2D eigenvalue weighted by Gasteiger charge is 2.48. The van der Waals surface area contributed by atoms with Gasteiger partial charge in [0.1, 0.15) is 5.54 Å². The van der Waals surface area contributed by atoms with Gasteiger partial charge < -0.3 is 10.4 Å². The van der Waals surface area contributed by atoms with Crippen molar-refractivity contribution in [3.8, 4) is 0 Å². The van der Waals surface area contributed by atoms with E-state index < -0.39 is 17.4 Å². The summed E-state index contributed by atoms with van der Waals surface area (Å²) >= 11 is 7.13. The van der Waals surface area contributed by atoms with E-state index in [0.29, 0.717) is 4.34 Å². The third-order valence-electron chi connectivity index (χ3n) is 3.21. The van der Waals surface area contributed by atoms with Crippen molar-refractivity contribution >= 4 is 40.9 Å². The first kappa shape index (κ1) is 14.1. The molecule has 1 unspecified atom stereocenters. The average molecular weight is 300 g/mol. The van der Waals surface area contributed by atoms with Crippen LogP contribution >= 0.6 is 22.9 Å². The maximum Gasteiger partial charge on any atom is 0.329 e. The van der Waals surface area contributed by atoms with E-state index in [0.717, 1.165) is 17.7 Å². The van der Waals surface area contributed by atoms with E-state index in [1.165, 1.54) is 17.4 Å². The first-order valence-corrected chi connectivity index (χ1v) is 7.10. The fraction of sp³-hybridized carbons (Fsp3) is 0.385. The number of carbonyl (C=O) groups is 2. The second-order valence-electron chi connectivity index (χ2n) is 4.75. The Morgan fingerprint density at radius 2 is 2.21 bits per heavy atom. The number of carbonyl (C=O) groups excluding carboxylic acids is 1. The quantitative estimate of drug-likeness (QED) is 0.822. The fourth-order valence-electron chi connectivity index (χ4n) is 1.86. The molecule has 1 aromatic rings. The maximum atomic E-state index is 11.8. The Balaban J connectivity index is 2.00. The Labute approximate surface area is 120 Å². The molecule has 6 heteroatoms. The third kappa shape index (κ3) is 3.36. The van der Waals surface area contributed by atoms with Crippen molar-refractivity contribution in [1.29, 1.82) is 0 Å². The van der Waals surface area contributed by atoms with Crippen LogP contribution in [0.3, 0.4) is 0 Å². The molecule has 1 aliphatic carbocycles. The lowest BCUT2D eigenvalue weighted by Gasteiger charge is -2.25. The van der Waals surface area contributed by atoms with Gasteiger partial charge in [-0.15, -0.1) is 11.3 Å². The molecule has 4 nitrogen and oxygen atoms in total. The van der Waals surface area contributed by atoms with Crippen LogP contribution in [0.25, 0.3) is 6.08 Å². The van der Waals surface area contributed by atoms with Gasteiger partial charge in [-0.2, -0.15) is 0 Å². The van der Waals surface area contributed by atoms with Crippen molar-refractivity contribution in [3.63, 3.8) is 0 Å². The van der Waals surface area contributed by atoms with Crippen LogP contribution in [-0.4, -0.2) is 22.5 Å². The number of amides is 1. The summed E-state index contributed by atoms with van der Waals surface area (Å²) in [5.74, 6) is -1.37. The number of aliphatic carboxylic acids is 1. The van der Waals surface area contributed by atoms with Crippen LogP contribution in [-0.2, 0) is 9.59 Å². The highest BCUT2D eigenvalue weighted by molar-refractivity contribution is 7.17. The molecule has 19 heavy (non-hydrogen) atoms. The Bertz CT molecular complexity index is 536. The number of rotatable bonds is 5. The molecular formula is C13H14ClNO3S. The van der Waals surface area contributed by atoms with Crippen molar-refractivity contribution in [2.24, 2.45) is 5.92 Å². The lowest BCUT2D eigenvalue weighted by Crippen LogP contribution is -2.53. The fourth-order valence-corrected chi connectivity index (χ4v) is 2.83. The van der Waals surface area contributed by atoms with Gasteiger partial charge in [-0.05, 0) is 43.9 Å². The van der Waals surface area contributed by atoms with Gasteiger partial charge in [0.15, 0.2) is 0 Å². The van der Waals surface area contributed by atoms with Crippen LogP contribution in [0.5, 0.6) is 0 Å². The number of nitrogens with one attached hydrogen (secondary N) is 1. The Morgan fingerprint density at radius 3 is 2.68 bits per heavy atom. The minimum Gasteiger partial charge on any atom is -0.480 e. The second-order valence-corrected chi connectivity index (χ2v) is 6.49. The second kappa shape index (κ2) is 5.35. The highest BCUT2D eigenvalue weighted by Crippen LogP contribution is 2.39. The lowest BCUT2D eigenvalue weighted by molar-refractivity contribution is -0.147.